The zero-order valence-electron chi connectivity index (χ0n) is 19.1. The van der Waals surface area contributed by atoms with Crippen molar-refractivity contribution < 1.29 is 18.7 Å². The first kappa shape index (κ1) is 24.2. The third-order valence-electron chi connectivity index (χ3n) is 6.45. The maximum absolute atomic E-state index is 13.0. The summed E-state index contributed by atoms with van der Waals surface area (Å²) in [5.74, 6) is 0. The number of hydrogen-bond donors (Lipinski definition) is 2. The van der Waals surface area contributed by atoms with Crippen molar-refractivity contribution in [2.24, 2.45) is 0 Å². The third-order valence-corrected chi connectivity index (χ3v) is 13.5. The molecule has 0 spiro atoms. The molecule has 172 valence electrons. The van der Waals surface area contributed by atoms with E-state index in [1.54, 1.807) is 16.2 Å². The van der Waals surface area contributed by atoms with Gasteiger partial charge in [0.2, 0.25) is 8.24 Å². The molecule has 1 aliphatic rings. The average Bonchev–Trinajstić information content (AvgIpc) is 3.13. The van der Waals surface area contributed by atoms with Crippen molar-refractivity contribution >= 4 is 36.0 Å². The van der Waals surface area contributed by atoms with E-state index in [4.69, 9.17) is 0 Å². The van der Waals surface area contributed by atoms with Crippen LogP contribution in [0.4, 0.5) is 4.79 Å². The van der Waals surface area contributed by atoms with E-state index in [1.807, 2.05) is 67.6 Å². The van der Waals surface area contributed by atoms with Gasteiger partial charge in [0.1, 0.15) is 0 Å². The quantitative estimate of drug-likeness (QED) is 0.491. The number of nitrogens with zero attached hydrogens (tertiary/aromatic N) is 2. The number of benzene rings is 2. The molecule has 2 atom stereocenters. The SMILES string of the molecule is CC(C)(C)[Si](c1ccccc1)(c1ccccc1)N(/C=C/[C@@]1(C)CCCN1C(=O)O)S(=O)O. The molecule has 1 aliphatic heterocycles. The summed E-state index contributed by atoms with van der Waals surface area (Å²) in [7, 11) is -3.07. The first-order chi connectivity index (χ1) is 15.0. The summed E-state index contributed by atoms with van der Waals surface area (Å²) in [6, 6.07) is 19.8. The Balaban J connectivity index is 2.26. The van der Waals surface area contributed by atoms with Crippen LogP contribution in [0.1, 0.15) is 40.5 Å². The lowest BCUT2D eigenvalue weighted by atomic mass is 9.99. The van der Waals surface area contributed by atoms with Gasteiger partial charge in [-0.05, 0) is 41.3 Å². The summed E-state index contributed by atoms with van der Waals surface area (Å²) in [6.45, 7) is 8.64. The Morgan fingerprint density at radius 3 is 2.00 bits per heavy atom. The zero-order chi connectivity index (χ0) is 23.6. The summed E-state index contributed by atoms with van der Waals surface area (Å²) >= 11 is -2.32. The standard InChI is InChI=1S/C24H32N2O4SSi/c1-23(2,3)32(20-12-7-5-8-13-20,21-14-9-6-10-15-21)26(31(29)30)19-17-24(4)16-11-18-25(24)22(27)28/h5-10,12-15,17,19H,11,16,18H2,1-4H3,(H,27,28)(H,29,30)/b19-17+/t24-/m1/s1. The lowest BCUT2D eigenvalue weighted by Crippen LogP contribution is -2.73. The van der Waals surface area contributed by atoms with E-state index in [-0.39, 0.29) is 5.04 Å². The highest BCUT2D eigenvalue weighted by molar-refractivity contribution is 7.79. The van der Waals surface area contributed by atoms with Gasteiger partial charge in [0.15, 0.2) is 0 Å². The van der Waals surface area contributed by atoms with Gasteiger partial charge in [-0.2, -0.15) is 0 Å². The predicted octanol–water partition coefficient (Wildman–Crippen LogP) is 4.03. The highest BCUT2D eigenvalue weighted by Gasteiger charge is 2.54. The second-order valence-electron chi connectivity index (χ2n) is 9.46. The van der Waals surface area contributed by atoms with Crippen LogP contribution in [0.2, 0.25) is 5.04 Å². The topological polar surface area (TPSA) is 81.1 Å². The van der Waals surface area contributed by atoms with Crippen LogP contribution in [0.25, 0.3) is 0 Å². The number of hydrogen-bond acceptors (Lipinski definition) is 2. The Labute approximate surface area is 194 Å². The van der Waals surface area contributed by atoms with Gasteiger partial charge in [0.05, 0.1) is 5.54 Å². The largest absolute Gasteiger partial charge is 0.465 e. The van der Waals surface area contributed by atoms with Crippen LogP contribution in [0, 0.1) is 0 Å². The second kappa shape index (κ2) is 9.21. The maximum Gasteiger partial charge on any atom is 0.407 e. The van der Waals surface area contributed by atoms with E-state index in [1.165, 1.54) is 4.90 Å². The van der Waals surface area contributed by atoms with E-state index < -0.39 is 31.1 Å². The summed E-state index contributed by atoms with van der Waals surface area (Å²) in [6.07, 6.45) is 3.92. The van der Waals surface area contributed by atoms with Crippen LogP contribution < -0.4 is 10.4 Å². The van der Waals surface area contributed by atoms with Gasteiger partial charge < -0.3 is 5.11 Å². The van der Waals surface area contributed by atoms with Crippen molar-refractivity contribution in [1.29, 1.82) is 0 Å². The molecule has 3 rings (SSSR count). The molecule has 6 nitrogen and oxygen atoms in total. The summed E-state index contributed by atoms with van der Waals surface area (Å²) in [5.41, 5.74) is -0.727. The Hall–Kier alpha value is -2.42. The Kier molecular flexibility index (Phi) is 6.97. The van der Waals surface area contributed by atoms with Crippen LogP contribution >= 0.6 is 0 Å². The van der Waals surface area contributed by atoms with Crippen LogP contribution in [0.3, 0.4) is 0 Å². The van der Waals surface area contributed by atoms with Gasteiger partial charge in [-0.3, -0.25) is 13.4 Å². The molecule has 2 aromatic carbocycles. The minimum absolute atomic E-state index is 0.374. The molecular formula is C24H32N2O4SSi. The zero-order valence-corrected chi connectivity index (χ0v) is 20.9. The molecule has 0 aliphatic carbocycles. The minimum Gasteiger partial charge on any atom is -0.465 e. The molecule has 1 fully saturated rings. The molecule has 1 saturated heterocycles. The number of carbonyl (C=O) groups is 1. The van der Waals surface area contributed by atoms with Crippen molar-refractivity contribution in [3.05, 3.63) is 72.9 Å². The highest BCUT2D eigenvalue weighted by atomic mass is 32.2. The monoisotopic (exact) mass is 472 g/mol. The van der Waals surface area contributed by atoms with E-state index in [9.17, 15) is 18.7 Å². The lowest BCUT2D eigenvalue weighted by molar-refractivity contribution is 0.126. The Morgan fingerprint density at radius 2 is 1.59 bits per heavy atom. The first-order valence-corrected chi connectivity index (χ1v) is 13.8. The molecule has 1 unspecified atom stereocenters. The van der Waals surface area contributed by atoms with E-state index >= 15 is 0 Å². The van der Waals surface area contributed by atoms with Gasteiger partial charge in [-0.15, -0.1) is 0 Å². The molecule has 8 heteroatoms. The van der Waals surface area contributed by atoms with E-state index in [0.717, 1.165) is 16.8 Å². The summed E-state index contributed by atoms with van der Waals surface area (Å²) < 4.78 is 25.2. The molecule has 0 aromatic heterocycles. The van der Waals surface area contributed by atoms with Crippen LogP contribution in [-0.2, 0) is 11.3 Å². The van der Waals surface area contributed by atoms with Crippen molar-refractivity contribution in [1.82, 2.24) is 8.87 Å². The molecule has 32 heavy (non-hydrogen) atoms. The van der Waals surface area contributed by atoms with Gasteiger partial charge in [0.25, 0.3) is 11.3 Å². The predicted molar refractivity (Wildman–Crippen MR) is 132 cm³/mol. The molecule has 2 N–H and O–H groups in total. The molecule has 1 amide bonds. The van der Waals surface area contributed by atoms with Crippen molar-refractivity contribution in [2.75, 3.05) is 6.54 Å². The van der Waals surface area contributed by atoms with Crippen molar-refractivity contribution in [3.63, 3.8) is 0 Å². The van der Waals surface area contributed by atoms with Gasteiger partial charge >= 0.3 is 6.09 Å². The van der Waals surface area contributed by atoms with Gasteiger partial charge in [0, 0.05) is 12.7 Å². The third kappa shape index (κ3) is 4.27. The molecular weight excluding hydrogens is 440 g/mol. The average molecular weight is 473 g/mol. The molecule has 1 heterocycles. The van der Waals surface area contributed by atoms with Gasteiger partial charge in [-0.1, -0.05) is 81.4 Å². The normalized spacial score (nSPS) is 20.5. The molecule has 0 bridgehead atoms. The van der Waals surface area contributed by atoms with E-state index in [0.29, 0.717) is 13.0 Å². The highest BCUT2D eigenvalue weighted by Crippen LogP contribution is 2.40. The molecule has 0 saturated carbocycles. The first-order valence-electron chi connectivity index (χ1n) is 10.8. The number of rotatable bonds is 6. The fourth-order valence-corrected chi connectivity index (χ4v) is 12.4. The fraction of sp³-hybridized carbons (Fsp3) is 0.375. The second-order valence-corrected chi connectivity index (χ2v) is 15.2. The maximum atomic E-state index is 13.0. The number of carboxylic acid groups (broad SMARTS) is 1. The lowest BCUT2D eigenvalue weighted by Gasteiger charge is -2.48. The van der Waals surface area contributed by atoms with Crippen LogP contribution in [0.15, 0.2) is 72.9 Å². The van der Waals surface area contributed by atoms with Crippen molar-refractivity contribution in [3.8, 4) is 0 Å². The van der Waals surface area contributed by atoms with Gasteiger partial charge in [-0.25, -0.2) is 9.00 Å². The molecule has 0 radical (unpaired) electrons. The number of amides is 1. The minimum atomic E-state index is -3.07. The number of likely N-dealkylation sites (tertiary alicyclic amines) is 1. The Morgan fingerprint density at radius 1 is 1.09 bits per heavy atom. The smallest absolute Gasteiger partial charge is 0.407 e. The van der Waals surface area contributed by atoms with Crippen molar-refractivity contribution in [2.45, 2.75) is 51.1 Å². The van der Waals surface area contributed by atoms with E-state index in [2.05, 4.69) is 20.8 Å². The van der Waals surface area contributed by atoms with Crippen LogP contribution in [-0.4, -0.2) is 49.2 Å². The molecule has 2 aromatic rings. The summed E-state index contributed by atoms with van der Waals surface area (Å²) in [5, 5.41) is 11.3. The Bertz CT molecular complexity index is 955. The van der Waals surface area contributed by atoms with Crippen LogP contribution in [0.5, 0.6) is 0 Å². The summed E-state index contributed by atoms with van der Waals surface area (Å²) in [4.78, 5) is 13.2. The fourth-order valence-electron chi connectivity index (χ4n) is 4.96.